The number of benzene rings is 1. The molecule has 0 aliphatic heterocycles. The van der Waals surface area contributed by atoms with Gasteiger partial charge in [0.1, 0.15) is 6.26 Å². The molecule has 0 unspecified atom stereocenters. The zero-order valence-corrected chi connectivity index (χ0v) is 11.2. The summed E-state index contributed by atoms with van der Waals surface area (Å²) >= 11 is 2.28. The summed E-state index contributed by atoms with van der Waals surface area (Å²) in [5, 5.41) is 3.21. The highest BCUT2D eigenvalue weighted by Gasteiger charge is 2.05. The molecule has 0 atom stereocenters. The van der Waals surface area contributed by atoms with E-state index < -0.39 is 0 Å². The lowest BCUT2D eigenvalue weighted by atomic mass is 10.2. The summed E-state index contributed by atoms with van der Waals surface area (Å²) in [6.07, 6.45) is 1.70. The molecule has 84 valence electrons. The predicted octanol–water partition coefficient (Wildman–Crippen LogP) is 3.06. The summed E-state index contributed by atoms with van der Waals surface area (Å²) in [5.41, 5.74) is 1.96. The molecule has 0 saturated heterocycles. The van der Waals surface area contributed by atoms with Crippen molar-refractivity contribution in [2.45, 2.75) is 13.5 Å². The fraction of sp³-hybridized carbons (Fsp3) is 0.250. The van der Waals surface area contributed by atoms with Crippen LogP contribution < -0.4 is 5.32 Å². The minimum absolute atomic E-state index is 0.685. The van der Waals surface area contributed by atoms with E-state index in [1.807, 2.05) is 24.3 Å². The summed E-state index contributed by atoms with van der Waals surface area (Å²) in [7, 11) is 0. The van der Waals surface area contributed by atoms with E-state index in [-0.39, 0.29) is 0 Å². The Morgan fingerprint density at radius 3 is 2.75 bits per heavy atom. The molecule has 1 heterocycles. The number of aromatic nitrogens is 1. The van der Waals surface area contributed by atoms with Crippen molar-refractivity contribution in [3.63, 3.8) is 0 Å². The van der Waals surface area contributed by atoms with Crippen LogP contribution in [0.5, 0.6) is 0 Å². The van der Waals surface area contributed by atoms with Crippen molar-refractivity contribution in [3.8, 4) is 11.5 Å². The molecular weight excluding hydrogens is 315 g/mol. The summed E-state index contributed by atoms with van der Waals surface area (Å²) in [5.74, 6) is 0.685. The SMILES string of the molecule is CCNCc1coc(-c2ccc(I)cc2)n1. The number of hydrogen-bond acceptors (Lipinski definition) is 3. The minimum Gasteiger partial charge on any atom is -0.444 e. The van der Waals surface area contributed by atoms with Crippen molar-refractivity contribution < 1.29 is 4.42 Å². The molecule has 0 spiro atoms. The van der Waals surface area contributed by atoms with Gasteiger partial charge in [-0.15, -0.1) is 0 Å². The zero-order valence-electron chi connectivity index (χ0n) is 9.03. The van der Waals surface area contributed by atoms with E-state index in [9.17, 15) is 0 Å². The third-order valence-corrected chi connectivity index (χ3v) is 2.92. The van der Waals surface area contributed by atoms with Gasteiger partial charge in [0.05, 0.1) is 5.69 Å². The maximum atomic E-state index is 5.43. The Morgan fingerprint density at radius 2 is 2.06 bits per heavy atom. The maximum absolute atomic E-state index is 5.43. The van der Waals surface area contributed by atoms with E-state index >= 15 is 0 Å². The van der Waals surface area contributed by atoms with Crippen molar-refractivity contribution in [1.29, 1.82) is 0 Å². The lowest BCUT2D eigenvalue weighted by Crippen LogP contribution is -2.11. The average molecular weight is 328 g/mol. The van der Waals surface area contributed by atoms with Crippen molar-refractivity contribution in [3.05, 3.63) is 39.8 Å². The number of hydrogen-bond donors (Lipinski definition) is 1. The molecule has 0 aliphatic rings. The van der Waals surface area contributed by atoms with Crippen LogP contribution in [0.1, 0.15) is 12.6 Å². The Bertz CT molecular complexity index is 450. The van der Waals surface area contributed by atoms with Crippen molar-refractivity contribution >= 4 is 22.6 Å². The first-order valence-electron chi connectivity index (χ1n) is 5.20. The smallest absolute Gasteiger partial charge is 0.226 e. The van der Waals surface area contributed by atoms with Crippen LogP contribution in [0.25, 0.3) is 11.5 Å². The fourth-order valence-electron chi connectivity index (χ4n) is 1.37. The topological polar surface area (TPSA) is 38.1 Å². The van der Waals surface area contributed by atoms with Crippen molar-refractivity contribution in [1.82, 2.24) is 10.3 Å². The first kappa shape index (κ1) is 11.6. The van der Waals surface area contributed by atoms with Gasteiger partial charge >= 0.3 is 0 Å². The van der Waals surface area contributed by atoms with E-state index in [2.05, 4.69) is 39.8 Å². The molecule has 0 fully saturated rings. The van der Waals surface area contributed by atoms with E-state index in [0.717, 1.165) is 24.3 Å². The monoisotopic (exact) mass is 328 g/mol. The first-order chi connectivity index (χ1) is 7.79. The standard InChI is InChI=1S/C12H13IN2O/c1-2-14-7-11-8-16-12(15-11)9-3-5-10(13)6-4-9/h3-6,8,14H,2,7H2,1H3. The van der Waals surface area contributed by atoms with Crippen LogP contribution in [0.15, 0.2) is 34.9 Å². The van der Waals surface area contributed by atoms with E-state index in [1.54, 1.807) is 6.26 Å². The van der Waals surface area contributed by atoms with Gasteiger partial charge in [0.2, 0.25) is 5.89 Å². The Kier molecular flexibility index (Phi) is 3.95. The number of oxazole rings is 1. The summed E-state index contributed by atoms with van der Waals surface area (Å²) < 4.78 is 6.64. The van der Waals surface area contributed by atoms with Gasteiger partial charge in [0, 0.05) is 15.7 Å². The van der Waals surface area contributed by atoms with E-state index in [0.29, 0.717) is 5.89 Å². The lowest BCUT2D eigenvalue weighted by Gasteiger charge is -1.95. The second kappa shape index (κ2) is 5.45. The third-order valence-electron chi connectivity index (χ3n) is 2.20. The fourth-order valence-corrected chi connectivity index (χ4v) is 1.73. The number of nitrogens with one attached hydrogen (secondary N) is 1. The molecule has 1 N–H and O–H groups in total. The molecular formula is C12H13IN2O. The summed E-state index contributed by atoms with van der Waals surface area (Å²) in [6.45, 7) is 3.76. The number of rotatable bonds is 4. The van der Waals surface area contributed by atoms with Gasteiger partial charge in [-0.3, -0.25) is 0 Å². The highest BCUT2D eigenvalue weighted by molar-refractivity contribution is 14.1. The predicted molar refractivity (Wildman–Crippen MR) is 72.0 cm³/mol. The molecule has 3 nitrogen and oxygen atoms in total. The van der Waals surface area contributed by atoms with Gasteiger partial charge < -0.3 is 9.73 Å². The van der Waals surface area contributed by atoms with Gasteiger partial charge in [-0.25, -0.2) is 4.98 Å². The quantitative estimate of drug-likeness (QED) is 0.877. The van der Waals surface area contributed by atoms with Crippen LogP contribution in [0, 0.1) is 3.57 Å². The molecule has 0 aliphatic carbocycles. The Labute approximate surface area is 108 Å². The maximum Gasteiger partial charge on any atom is 0.226 e. The Morgan fingerprint density at radius 1 is 1.31 bits per heavy atom. The molecule has 0 bridgehead atoms. The Hall–Kier alpha value is -0.880. The summed E-state index contributed by atoms with van der Waals surface area (Å²) in [6, 6.07) is 8.13. The minimum atomic E-state index is 0.685. The highest BCUT2D eigenvalue weighted by Crippen LogP contribution is 2.19. The molecule has 1 aromatic carbocycles. The molecule has 0 amide bonds. The highest BCUT2D eigenvalue weighted by atomic mass is 127. The Balaban J connectivity index is 2.15. The zero-order chi connectivity index (χ0) is 11.4. The van der Waals surface area contributed by atoms with Gasteiger partial charge in [-0.1, -0.05) is 6.92 Å². The van der Waals surface area contributed by atoms with E-state index in [4.69, 9.17) is 4.42 Å². The van der Waals surface area contributed by atoms with Gasteiger partial charge in [-0.2, -0.15) is 0 Å². The molecule has 4 heteroatoms. The van der Waals surface area contributed by atoms with Crippen molar-refractivity contribution in [2.24, 2.45) is 0 Å². The average Bonchev–Trinajstić information content (AvgIpc) is 2.76. The lowest BCUT2D eigenvalue weighted by molar-refractivity contribution is 0.570. The molecule has 2 aromatic rings. The van der Waals surface area contributed by atoms with E-state index in [1.165, 1.54) is 3.57 Å². The van der Waals surface area contributed by atoms with Crippen LogP contribution in [-0.2, 0) is 6.54 Å². The van der Waals surface area contributed by atoms with Crippen LogP contribution in [0.2, 0.25) is 0 Å². The van der Waals surface area contributed by atoms with Gasteiger partial charge in [-0.05, 0) is 53.4 Å². The molecule has 16 heavy (non-hydrogen) atoms. The second-order valence-electron chi connectivity index (χ2n) is 3.43. The molecule has 2 rings (SSSR count). The van der Waals surface area contributed by atoms with Crippen LogP contribution in [0.4, 0.5) is 0 Å². The summed E-state index contributed by atoms with van der Waals surface area (Å²) in [4.78, 5) is 4.42. The van der Waals surface area contributed by atoms with Gasteiger partial charge in [0.15, 0.2) is 0 Å². The molecule has 0 radical (unpaired) electrons. The third kappa shape index (κ3) is 2.82. The van der Waals surface area contributed by atoms with Crippen LogP contribution >= 0.6 is 22.6 Å². The van der Waals surface area contributed by atoms with Crippen molar-refractivity contribution in [2.75, 3.05) is 6.54 Å². The molecule has 1 aromatic heterocycles. The first-order valence-corrected chi connectivity index (χ1v) is 6.28. The molecule has 0 saturated carbocycles. The normalized spacial score (nSPS) is 10.6. The number of nitrogens with zero attached hydrogens (tertiary/aromatic N) is 1. The van der Waals surface area contributed by atoms with Crippen LogP contribution in [-0.4, -0.2) is 11.5 Å². The van der Waals surface area contributed by atoms with Gasteiger partial charge in [0.25, 0.3) is 0 Å². The van der Waals surface area contributed by atoms with Crippen LogP contribution in [0.3, 0.4) is 0 Å². The largest absolute Gasteiger partial charge is 0.444 e. The number of halogens is 1. The second-order valence-corrected chi connectivity index (χ2v) is 4.68.